The molecular weight excluding hydrogens is 342 g/mol. The topological polar surface area (TPSA) is 86.3 Å². The Morgan fingerprint density at radius 2 is 1.89 bits per heavy atom. The van der Waals surface area contributed by atoms with Crippen LogP contribution in [0.1, 0.15) is 36.7 Å². The second-order valence-electron chi connectivity index (χ2n) is 7.50. The van der Waals surface area contributed by atoms with Crippen LogP contribution in [-0.2, 0) is 16.9 Å². The smallest absolute Gasteiger partial charge is 0.260 e. The molecule has 2 heterocycles. The summed E-state index contributed by atoms with van der Waals surface area (Å²) in [7, 11) is 3.40. The van der Waals surface area contributed by atoms with E-state index >= 15 is 0 Å². The maximum atomic E-state index is 13.2. The van der Waals surface area contributed by atoms with E-state index in [0.29, 0.717) is 29.0 Å². The first-order chi connectivity index (χ1) is 12.7. The molecule has 0 bridgehead atoms. The van der Waals surface area contributed by atoms with Crippen LogP contribution in [-0.4, -0.2) is 34.6 Å². The summed E-state index contributed by atoms with van der Waals surface area (Å²) in [6.07, 6.45) is 3.24. The minimum atomic E-state index is -0.252. The number of rotatable bonds is 4. The van der Waals surface area contributed by atoms with Gasteiger partial charge in [0, 0.05) is 31.6 Å². The number of aromatic nitrogens is 3. The van der Waals surface area contributed by atoms with Crippen LogP contribution in [0.15, 0.2) is 36.8 Å². The summed E-state index contributed by atoms with van der Waals surface area (Å²) >= 11 is 0. The van der Waals surface area contributed by atoms with Crippen molar-refractivity contribution in [3.8, 4) is 0 Å². The fourth-order valence-corrected chi connectivity index (χ4v) is 3.04. The van der Waals surface area contributed by atoms with Gasteiger partial charge in [-0.2, -0.15) is 0 Å². The number of carbonyl (C=O) groups is 1. The van der Waals surface area contributed by atoms with Crippen molar-refractivity contribution in [2.45, 2.75) is 32.9 Å². The molecule has 0 atom stereocenters. The normalized spacial score (nSPS) is 11.7. The van der Waals surface area contributed by atoms with Crippen molar-refractivity contribution >= 4 is 28.4 Å². The van der Waals surface area contributed by atoms with Crippen LogP contribution in [0, 0.1) is 0 Å². The maximum absolute atomic E-state index is 13.2. The molecule has 7 heteroatoms. The summed E-state index contributed by atoms with van der Waals surface area (Å²) in [5, 5.41) is 0.584. The van der Waals surface area contributed by atoms with Gasteiger partial charge >= 0.3 is 0 Å². The van der Waals surface area contributed by atoms with Gasteiger partial charge in [-0.05, 0) is 38.5 Å². The van der Waals surface area contributed by atoms with Crippen LogP contribution in [0.25, 0.3) is 11.0 Å². The summed E-state index contributed by atoms with van der Waals surface area (Å²) in [6, 6.07) is 7.68. The van der Waals surface area contributed by atoms with Crippen LogP contribution in [0.4, 0.5) is 11.5 Å². The molecule has 7 nitrogen and oxygen atoms in total. The van der Waals surface area contributed by atoms with Gasteiger partial charge in [0.1, 0.15) is 17.8 Å². The minimum Gasteiger partial charge on any atom is -0.383 e. The first-order valence-corrected chi connectivity index (χ1v) is 8.72. The summed E-state index contributed by atoms with van der Waals surface area (Å²) in [6.45, 7) is 6.69. The molecule has 27 heavy (non-hydrogen) atoms. The molecule has 0 fully saturated rings. The molecule has 3 rings (SSSR count). The second-order valence-corrected chi connectivity index (χ2v) is 7.50. The van der Waals surface area contributed by atoms with E-state index < -0.39 is 0 Å². The third-order valence-electron chi connectivity index (χ3n) is 4.50. The van der Waals surface area contributed by atoms with E-state index in [1.54, 1.807) is 19.1 Å². The quantitative estimate of drug-likeness (QED) is 0.765. The summed E-state index contributed by atoms with van der Waals surface area (Å²) in [4.78, 5) is 23.3. The van der Waals surface area contributed by atoms with Crippen molar-refractivity contribution in [1.29, 1.82) is 0 Å². The molecule has 3 aromatic rings. The Bertz CT molecular complexity index is 970. The fraction of sp³-hybridized carbons (Fsp3) is 0.350. The first kappa shape index (κ1) is 18.8. The van der Waals surface area contributed by atoms with Crippen molar-refractivity contribution in [2.24, 2.45) is 0 Å². The SMILES string of the molecule is COCc1ccc(N(C)C(=O)c2cn(C(C)(C)C)c3ncnc(N)c23)cc1. The number of anilines is 2. The van der Waals surface area contributed by atoms with E-state index in [0.717, 1.165) is 11.3 Å². The molecule has 1 amide bonds. The van der Waals surface area contributed by atoms with Crippen LogP contribution >= 0.6 is 0 Å². The number of nitrogen functional groups attached to an aromatic ring is 1. The van der Waals surface area contributed by atoms with E-state index in [1.165, 1.54) is 6.33 Å². The van der Waals surface area contributed by atoms with Gasteiger partial charge in [0.05, 0.1) is 17.6 Å². The van der Waals surface area contributed by atoms with E-state index in [1.807, 2.05) is 35.0 Å². The Morgan fingerprint density at radius 3 is 2.48 bits per heavy atom. The molecule has 2 N–H and O–H groups in total. The average Bonchev–Trinajstić information content (AvgIpc) is 3.03. The number of fused-ring (bicyclic) bond motifs is 1. The van der Waals surface area contributed by atoms with Crippen molar-refractivity contribution in [2.75, 3.05) is 24.8 Å². The van der Waals surface area contributed by atoms with Gasteiger partial charge in [-0.3, -0.25) is 4.79 Å². The Labute approximate surface area is 158 Å². The molecule has 0 aliphatic rings. The van der Waals surface area contributed by atoms with E-state index in [9.17, 15) is 4.79 Å². The highest BCUT2D eigenvalue weighted by Crippen LogP contribution is 2.30. The minimum absolute atomic E-state index is 0.163. The Balaban J connectivity index is 2.05. The number of nitrogens with two attached hydrogens (primary N) is 1. The number of methoxy groups -OCH3 is 1. The van der Waals surface area contributed by atoms with Gasteiger partial charge in [-0.1, -0.05) is 12.1 Å². The zero-order valence-corrected chi connectivity index (χ0v) is 16.4. The van der Waals surface area contributed by atoms with E-state index in [2.05, 4.69) is 30.7 Å². The molecule has 0 radical (unpaired) electrons. The lowest BCUT2D eigenvalue weighted by Gasteiger charge is -2.22. The lowest BCUT2D eigenvalue weighted by molar-refractivity contribution is 0.0994. The standard InChI is InChI=1S/C20H25N5O2/c1-20(2,3)25-10-15(16-17(21)22-12-23-18(16)25)19(26)24(4)14-8-6-13(7-9-14)11-27-5/h6-10,12H,11H2,1-5H3,(H2,21,22,23). The van der Waals surface area contributed by atoms with Crippen LogP contribution in [0.3, 0.4) is 0 Å². The highest BCUT2D eigenvalue weighted by Gasteiger charge is 2.26. The Kier molecular flexibility index (Phi) is 4.89. The summed E-state index contributed by atoms with van der Waals surface area (Å²) < 4.78 is 7.09. The van der Waals surface area contributed by atoms with Crippen LogP contribution in [0.5, 0.6) is 0 Å². The second kappa shape index (κ2) is 7.00. The van der Waals surface area contributed by atoms with Gasteiger partial charge in [-0.25, -0.2) is 9.97 Å². The molecular formula is C20H25N5O2. The number of hydrogen-bond acceptors (Lipinski definition) is 5. The van der Waals surface area contributed by atoms with Crippen molar-refractivity contribution in [3.63, 3.8) is 0 Å². The first-order valence-electron chi connectivity index (χ1n) is 8.72. The van der Waals surface area contributed by atoms with Gasteiger partial charge in [0.25, 0.3) is 5.91 Å². The van der Waals surface area contributed by atoms with Crippen molar-refractivity contribution in [1.82, 2.24) is 14.5 Å². The highest BCUT2D eigenvalue weighted by molar-refractivity contribution is 6.15. The molecule has 1 aromatic carbocycles. The molecule has 142 valence electrons. The number of benzene rings is 1. The predicted molar refractivity (Wildman–Crippen MR) is 107 cm³/mol. The lowest BCUT2D eigenvalue weighted by Crippen LogP contribution is -2.26. The molecule has 0 aliphatic heterocycles. The van der Waals surface area contributed by atoms with Crippen LogP contribution in [0.2, 0.25) is 0 Å². The Morgan fingerprint density at radius 1 is 1.22 bits per heavy atom. The number of carbonyl (C=O) groups excluding carboxylic acids is 1. The monoisotopic (exact) mass is 367 g/mol. The Hall–Kier alpha value is -2.93. The van der Waals surface area contributed by atoms with E-state index in [4.69, 9.17) is 10.5 Å². The molecule has 0 spiro atoms. The zero-order chi connectivity index (χ0) is 19.8. The number of nitrogens with zero attached hydrogens (tertiary/aromatic N) is 4. The number of ether oxygens (including phenoxy) is 1. The van der Waals surface area contributed by atoms with Gasteiger partial charge in [0.15, 0.2) is 0 Å². The van der Waals surface area contributed by atoms with Crippen molar-refractivity contribution < 1.29 is 9.53 Å². The fourth-order valence-electron chi connectivity index (χ4n) is 3.04. The van der Waals surface area contributed by atoms with Gasteiger partial charge in [-0.15, -0.1) is 0 Å². The highest BCUT2D eigenvalue weighted by atomic mass is 16.5. The molecule has 0 saturated heterocycles. The summed E-state index contributed by atoms with van der Waals surface area (Å²) in [5.41, 5.74) is 8.81. The molecule has 2 aromatic heterocycles. The van der Waals surface area contributed by atoms with Gasteiger partial charge in [0.2, 0.25) is 0 Å². The van der Waals surface area contributed by atoms with Crippen molar-refractivity contribution in [3.05, 3.63) is 47.9 Å². The zero-order valence-electron chi connectivity index (χ0n) is 16.4. The largest absolute Gasteiger partial charge is 0.383 e. The lowest BCUT2D eigenvalue weighted by atomic mass is 10.1. The van der Waals surface area contributed by atoms with Gasteiger partial charge < -0.3 is 19.9 Å². The predicted octanol–water partition coefficient (Wildman–Crippen LogP) is 3.19. The summed E-state index contributed by atoms with van der Waals surface area (Å²) in [5.74, 6) is 0.138. The van der Waals surface area contributed by atoms with Crippen LogP contribution < -0.4 is 10.6 Å². The third kappa shape index (κ3) is 3.50. The number of hydrogen-bond donors (Lipinski definition) is 1. The molecule has 0 unspecified atom stereocenters. The molecule has 0 saturated carbocycles. The average molecular weight is 367 g/mol. The third-order valence-corrected chi connectivity index (χ3v) is 4.50. The molecule has 0 aliphatic carbocycles. The van der Waals surface area contributed by atoms with E-state index in [-0.39, 0.29) is 11.4 Å². The maximum Gasteiger partial charge on any atom is 0.260 e. The number of amides is 1.